The van der Waals surface area contributed by atoms with Crippen LogP contribution in [0.15, 0.2) is 22.8 Å². The van der Waals surface area contributed by atoms with Crippen LogP contribution in [0.1, 0.15) is 27.2 Å². The monoisotopic (exact) mass is 374 g/mol. The van der Waals surface area contributed by atoms with Crippen molar-refractivity contribution in [2.45, 2.75) is 38.3 Å². The molecule has 2 rings (SSSR count). The van der Waals surface area contributed by atoms with Gasteiger partial charge < -0.3 is 19.5 Å². The van der Waals surface area contributed by atoms with Crippen molar-refractivity contribution >= 4 is 22.1 Å². The highest BCUT2D eigenvalue weighted by Gasteiger charge is 2.51. The molecule has 9 nitrogen and oxygen atoms in total. The van der Waals surface area contributed by atoms with E-state index in [2.05, 4.69) is 9.46 Å². The van der Waals surface area contributed by atoms with E-state index in [0.29, 0.717) is 0 Å². The van der Waals surface area contributed by atoms with Crippen LogP contribution < -0.4 is 4.72 Å². The van der Waals surface area contributed by atoms with Gasteiger partial charge in [-0.15, -0.1) is 0 Å². The number of ether oxygens (including phenoxy) is 2. The highest BCUT2D eigenvalue weighted by Crippen LogP contribution is 2.31. The molecule has 0 aromatic rings. The fourth-order valence-electron chi connectivity index (χ4n) is 2.49. The van der Waals surface area contributed by atoms with Crippen molar-refractivity contribution in [1.29, 1.82) is 0 Å². The Kier molecular flexibility index (Phi) is 4.88. The average molecular weight is 374 g/mol. The summed E-state index contributed by atoms with van der Waals surface area (Å²) in [7, 11) is -2.83. The molecule has 140 valence electrons. The molecule has 0 atom stereocenters. The van der Waals surface area contributed by atoms with Crippen LogP contribution in [-0.2, 0) is 24.3 Å². The molecule has 10 heteroatoms. The van der Waals surface area contributed by atoms with E-state index < -0.39 is 33.2 Å². The molecule has 0 saturated carbocycles. The Bertz CT molecular complexity index is 740. The number of aliphatic hydroxyl groups excluding tert-OH is 1. The van der Waals surface area contributed by atoms with Gasteiger partial charge in [0, 0.05) is 13.1 Å². The highest BCUT2D eigenvalue weighted by molar-refractivity contribution is 7.93. The number of rotatable bonds is 5. The largest absolute Gasteiger partial charge is 0.507 e. The third-order valence-electron chi connectivity index (χ3n) is 3.63. The Morgan fingerprint density at radius 2 is 1.92 bits per heavy atom. The van der Waals surface area contributed by atoms with Crippen LogP contribution >= 0.6 is 0 Å². The number of amides is 1. The van der Waals surface area contributed by atoms with Crippen molar-refractivity contribution in [3.05, 3.63) is 22.8 Å². The number of esters is 1. The minimum absolute atomic E-state index is 0.0476. The number of hydrogen-bond donors (Lipinski definition) is 2. The van der Waals surface area contributed by atoms with Gasteiger partial charge in [-0.25, -0.2) is 17.9 Å². The number of carbonyl (C=O) groups is 2. The lowest BCUT2D eigenvalue weighted by Crippen LogP contribution is -2.72. The zero-order valence-corrected chi connectivity index (χ0v) is 15.3. The zero-order chi connectivity index (χ0) is 19.0. The maximum absolute atomic E-state index is 12.3. The van der Waals surface area contributed by atoms with Gasteiger partial charge in [0.2, 0.25) is 10.0 Å². The topological polar surface area (TPSA) is 122 Å². The first-order chi connectivity index (χ1) is 11.4. The third kappa shape index (κ3) is 4.31. The summed E-state index contributed by atoms with van der Waals surface area (Å²) in [5.41, 5.74) is -1.90. The molecule has 2 aliphatic rings. The molecule has 1 saturated heterocycles. The molecule has 25 heavy (non-hydrogen) atoms. The predicted molar refractivity (Wildman–Crippen MR) is 88.0 cm³/mol. The van der Waals surface area contributed by atoms with Crippen LogP contribution in [-0.4, -0.2) is 61.8 Å². The van der Waals surface area contributed by atoms with Gasteiger partial charge in [-0.1, -0.05) is 0 Å². The molecule has 2 N–H and O–H groups in total. The van der Waals surface area contributed by atoms with Crippen LogP contribution in [0.25, 0.3) is 0 Å². The summed E-state index contributed by atoms with van der Waals surface area (Å²) in [4.78, 5) is 24.8. The minimum Gasteiger partial charge on any atom is -0.507 e. The molecule has 0 aromatic carbocycles. The molecule has 0 unspecified atom stereocenters. The Labute approximate surface area is 146 Å². The normalized spacial score (nSPS) is 19.1. The van der Waals surface area contributed by atoms with Gasteiger partial charge in [0.15, 0.2) is 0 Å². The molecular formula is C15H22N2O7S. The molecule has 0 aromatic heterocycles. The molecule has 1 heterocycles. The molecular weight excluding hydrogens is 352 g/mol. The summed E-state index contributed by atoms with van der Waals surface area (Å²) >= 11 is 0. The SMILES string of the molecule is COC(=O)CC1(NS(=O)(=O)C2=CC=C2O)CN(C(=O)OC(C)(C)C)C1. The fourth-order valence-corrected chi connectivity index (χ4v) is 3.97. The standard InChI is InChI=1S/C15H22N2O7S/c1-14(2,3)24-13(20)17-8-15(9-17,7-12(19)23-4)16-25(21,22)11-6-5-10(11)18/h5-6,16,18H,7-9H2,1-4H3. The molecule has 1 amide bonds. The van der Waals surface area contributed by atoms with Gasteiger partial charge in [0.25, 0.3) is 0 Å². The lowest BCUT2D eigenvalue weighted by atomic mass is 9.88. The number of hydrogen-bond acceptors (Lipinski definition) is 7. The minimum atomic E-state index is -4.02. The number of sulfonamides is 1. The summed E-state index contributed by atoms with van der Waals surface area (Å²) in [5, 5.41) is 9.42. The van der Waals surface area contributed by atoms with Crippen LogP contribution in [0.3, 0.4) is 0 Å². The molecule has 1 aliphatic carbocycles. The maximum Gasteiger partial charge on any atom is 0.410 e. The number of carbonyl (C=O) groups excluding carboxylic acids is 2. The van der Waals surface area contributed by atoms with Crippen molar-refractivity contribution < 1.29 is 32.6 Å². The summed E-state index contributed by atoms with van der Waals surface area (Å²) < 4.78 is 36.9. The first-order valence-electron chi connectivity index (χ1n) is 7.58. The molecule has 1 aliphatic heterocycles. The van der Waals surface area contributed by atoms with E-state index in [4.69, 9.17) is 4.74 Å². The molecule has 1 fully saturated rings. The maximum atomic E-state index is 12.3. The van der Waals surface area contributed by atoms with E-state index in [9.17, 15) is 23.1 Å². The second-order valence-corrected chi connectivity index (χ2v) is 8.71. The summed E-state index contributed by atoms with van der Waals surface area (Å²) in [6.07, 6.45) is 1.64. The van der Waals surface area contributed by atoms with E-state index in [0.717, 1.165) is 0 Å². The lowest BCUT2D eigenvalue weighted by molar-refractivity contribution is -0.144. The van der Waals surface area contributed by atoms with Crippen LogP contribution in [0.5, 0.6) is 0 Å². The van der Waals surface area contributed by atoms with Gasteiger partial charge in [0.1, 0.15) is 16.3 Å². The first-order valence-corrected chi connectivity index (χ1v) is 9.06. The second kappa shape index (κ2) is 6.34. The zero-order valence-electron chi connectivity index (χ0n) is 14.5. The van der Waals surface area contributed by atoms with Crippen LogP contribution in [0.4, 0.5) is 4.79 Å². The molecule has 0 spiro atoms. The van der Waals surface area contributed by atoms with Crippen molar-refractivity contribution in [3.8, 4) is 0 Å². The number of nitrogens with zero attached hydrogens (tertiary/aromatic N) is 1. The Hall–Kier alpha value is -2.07. The summed E-state index contributed by atoms with van der Waals surface area (Å²) in [6.45, 7) is 5.05. The van der Waals surface area contributed by atoms with Crippen LogP contribution in [0, 0.1) is 0 Å². The van der Waals surface area contributed by atoms with Gasteiger partial charge in [-0.3, -0.25) is 4.79 Å². The first kappa shape index (κ1) is 19.3. The van der Waals surface area contributed by atoms with E-state index in [1.54, 1.807) is 20.8 Å². The number of aliphatic hydroxyl groups is 1. The van der Waals surface area contributed by atoms with E-state index in [-0.39, 0.29) is 30.2 Å². The lowest BCUT2D eigenvalue weighted by Gasteiger charge is -2.49. The number of methoxy groups -OCH3 is 1. The van der Waals surface area contributed by atoms with E-state index in [1.165, 1.54) is 24.2 Å². The Balaban J connectivity index is 2.11. The van der Waals surface area contributed by atoms with Crippen molar-refractivity contribution in [2.75, 3.05) is 20.2 Å². The van der Waals surface area contributed by atoms with Gasteiger partial charge in [-0.2, -0.15) is 0 Å². The highest BCUT2D eigenvalue weighted by atomic mass is 32.2. The van der Waals surface area contributed by atoms with E-state index in [1.807, 2.05) is 0 Å². The van der Waals surface area contributed by atoms with Gasteiger partial charge >= 0.3 is 12.1 Å². The Morgan fingerprint density at radius 1 is 1.32 bits per heavy atom. The van der Waals surface area contributed by atoms with Crippen molar-refractivity contribution in [2.24, 2.45) is 0 Å². The van der Waals surface area contributed by atoms with Crippen molar-refractivity contribution in [3.63, 3.8) is 0 Å². The smallest absolute Gasteiger partial charge is 0.410 e. The van der Waals surface area contributed by atoms with Crippen LogP contribution in [0.2, 0.25) is 0 Å². The average Bonchev–Trinajstić information content (AvgIpc) is 2.39. The van der Waals surface area contributed by atoms with Crippen molar-refractivity contribution in [1.82, 2.24) is 9.62 Å². The number of likely N-dealkylation sites (tertiary alicyclic amines) is 1. The second-order valence-electron chi connectivity index (χ2n) is 7.06. The van der Waals surface area contributed by atoms with Gasteiger partial charge in [0.05, 0.1) is 19.1 Å². The van der Waals surface area contributed by atoms with Gasteiger partial charge in [-0.05, 0) is 32.9 Å². The third-order valence-corrected chi connectivity index (χ3v) is 5.26. The predicted octanol–water partition coefficient (Wildman–Crippen LogP) is 0.798. The quantitative estimate of drug-likeness (QED) is 0.682. The molecule has 0 bridgehead atoms. The fraction of sp³-hybridized carbons (Fsp3) is 0.600. The summed E-state index contributed by atoms with van der Waals surface area (Å²) in [6, 6.07) is 0. The number of nitrogens with one attached hydrogen (secondary N) is 1. The molecule has 0 radical (unpaired) electrons. The number of allylic oxidation sites excluding steroid dienone is 2. The Morgan fingerprint density at radius 3 is 2.32 bits per heavy atom. The summed E-state index contributed by atoms with van der Waals surface area (Å²) in [5.74, 6) is -0.974. The van der Waals surface area contributed by atoms with E-state index >= 15 is 0 Å².